The monoisotopic (exact) mass is 878 g/mol. The Labute approximate surface area is 372 Å². The Bertz CT molecular complexity index is 2260. The summed E-state index contributed by atoms with van der Waals surface area (Å²) >= 11 is 0. The molecule has 4 atom stereocenters. The molecule has 1 fully saturated rings. The van der Waals surface area contributed by atoms with Gasteiger partial charge in [-0.3, -0.25) is 4.57 Å². The summed E-state index contributed by atoms with van der Waals surface area (Å²) in [5.41, 5.74) is 2.50. The first-order valence-electron chi connectivity index (χ1n) is 20.9. The van der Waals surface area contributed by atoms with Gasteiger partial charge in [-0.2, -0.15) is 5.26 Å². The van der Waals surface area contributed by atoms with Crippen molar-refractivity contribution in [3.05, 3.63) is 102 Å². The predicted octanol–water partition coefficient (Wildman–Crippen LogP) is 8.24. The number of ether oxygens (including phenoxy) is 4. The van der Waals surface area contributed by atoms with Crippen LogP contribution in [0.4, 0.5) is 11.8 Å². The molecule has 1 aliphatic rings. The third kappa shape index (κ3) is 11.0. The molecule has 6 rings (SSSR count). The maximum atomic E-state index is 9.49. The van der Waals surface area contributed by atoms with Crippen LogP contribution >= 0.6 is 8.53 Å². The van der Waals surface area contributed by atoms with Gasteiger partial charge in [-0.25, -0.2) is 29.6 Å². The number of rotatable bonds is 21. The van der Waals surface area contributed by atoms with Crippen LogP contribution in [0.2, 0.25) is 0 Å². The van der Waals surface area contributed by atoms with Crippen LogP contribution in [0.1, 0.15) is 63.5 Å². The molecule has 3 heterocycles. The summed E-state index contributed by atoms with van der Waals surface area (Å²) in [6, 6.07) is 28.3. The van der Waals surface area contributed by atoms with Gasteiger partial charge >= 0.3 is 0 Å². The molecule has 1 unspecified atom stereocenters. The van der Waals surface area contributed by atoms with Gasteiger partial charge in [0.15, 0.2) is 17.0 Å². The number of fused-ring (bicyclic) bond motifs is 1. The first-order chi connectivity index (χ1) is 30.4. The van der Waals surface area contributed by atoms with Crippen LogP contribution in [0.5, 0.6) is 11.5 Å². The number of imidazole rings is 1. The minimum atomic E-state index is -1.68. The molecule has 0 N–H and O–H groups in total. The SMILES string of the molecule is COc1ccc(C(OC[C@H]2O[C@@H](n3c(N=CN(C)C)nc4c(N=CN(C)C)ncnc43)C[C@@H]2OP(OCCC#N)N(C(C)C)C(C)C)(c2ccccc2)c2ccc(OC)cc2)cc1. The summed E-state index contributed by atoms with van der Waals surface area (Å²) < 4.78 is 43.4. The normalized spacial score (nSPS) is 17.4. The number of nitrogens with zero attached hydrogens (tertiary/aromatic N) is 10. The zero-order valence-electron chi connectivity index (χ0n) is 37.8. The first kappa shape index (κ1) is 47.0. The highest BCUT2D eigenvalue weighted by Gasteiger charge is 2.46. The van der Waals surface area contributed by atoms with Crippen LogP contribution in [0.25, 0.3) is 11.2 Å². The van der Waals surface area contributed by atoms with Crippen LogP contribution in [-0.4, -0.2) is 127 Å². The fraction of sp³-hybridized carbons (Fsp3) is 0.435. The summed E-state index contributed by atoms with van der Waals surface area (Å²) in [6.07, 6.45) is 3.50. The minimum absolute atomic E-state index is 0.0734. The van der Waals surface area contributed by atoms with Crippen molar-refractivity contribution in [2.45, 2.75) is 76.7 Å². The molecule has 0 radical (unpaired) electrons. The molecule has 0 amide bonds. The van der Waals surface area contributed by atoms with E-state index >= 15 is 0 Å². The van der Waals surface area contributed by atoms with Crippen molar-refractivity contribution in [1.82, 2.24) is 34.0 Å². The zero-order valence-corrected chi connectivity index (χ0v) is 38.7. The molecular formula is C46H59N10O6P. The number of hydrogen-bond donors (Lipinski definition) is 0. The van der Waals surface area contributed by atoms with Gasteiger partial charge in [0, 0.05) is 46.7 Å². The lowest BCUT2D eigenvalue weighted by molar-refractivity contribution is -0.0909. The van der Waals surface area contributed by atoms with Gasteiger partial charge in [0.25, 0.3) is 8.53 Å². The van der Waals surface area contributed by atoms with Crippen LogP contribution in [0.3, 0.4) is 0 Å². The van der Waals surface area contributed by atoms with Gasteiger partial charge < -0.3 is 37.8 Å². The van der Waals surface area contributed by atoms with Crippen molar-refractivity contribution in [3.8, 4) is 17.6 Å². The highest BCUT2D eigenvalue weighted by Crippen LogP contribution is 2.51. The summed E-state index contributed by atoms with van der Waals surface area (Å²) in [4.78, 5) is 27.1. The zero-order chi connectivity index (χ0) is 45.1. The van der Waals surface area contributed by atoms with E-state index in [2.05, 4.69) is 60.5 Å². The Kier molecular flexibility index (Phi) is 16.2. The molecule has 0 aliphatic carbocycles. The van der Waals surface area contributed by atoms with E-state index in [0.717, 1.165) is 28.2 Å². The molecule has 0 saturated carbocycles. The summed E-state index contributed by atoms with van der Waals surface area (Å²) in [5.74, 6) is 2.19. The average molecular weight is 879 g/mol. The Balaban J connectivity index is 1.50. The largest absolute Gasteiger partial charge is 0.497 e. The van der Waals surface area contributed by atoms with Gasteiger partial charge in [-0.1, -0.05) is 54.6 Å². The van der Waals surface area contributed by atoms with E-state index in [-0.39, 0.29) is 31.7 Å². The highest BCUT2D eigenvalue weighted by molar-refractivity contribution is 7.44. The van der Waals surface area contributed by atoms with E-state index < -0.39 is 32.6 Å². The fourth-order valence-corrected chi connectivity index (χ4v) is 9.24. The van der Waals surface area contributed by atoms with Crippen LogP contribution < -0.4 is 9.47 Å². The van der Waals surface area contributed by atoms with Crippen LogP contribution in [0, 0.1) is 11.3 Å². The van der Waals surface area contributed by atoms with Crippen molar-refractivity contribution >= 4 is 44.1 Å². The highest BCUT2D eigenvalue weighted by atomic mass is 31.2. The number of aromatic nitrogens is 4. The Morgan fingerprint density at radius 3 is 2.00 bits per heavy atom. The van der Waals surface area contributed by atoms with Crippen molar-refractivity contribution < 1.29 is 28.0 Å². The Morgan fingerprint density at radius 1 is 0.857 bits per heavy atom. The van der Waals surface area contributed by atoms with Crippen molar-refractivity contribution in [2.75, 3.05) is 55.6 Å². The van der Waals surface area contributed by atoms with Crippen molar-refractivity contribution in [1.29, 1.82) is 5.26 Å². The van der Waals surface area contributed by atoms with Gasteiger partial charge in [-0.15, -0.1) is 0 Å². The minimum Gasteiger partial charge on any atom is -0.497 e. The predicted molar refractivity (Wildman–Crippen MR) is 246 cm³/mol. The quantitative estimate of drug-likeness (QED) is 0.0229. The molecule has 1 aliphatic heterocycles. The molecule has 0 bridgehead atoms. The number of methoxy groups -OCH3 is 2. The van der Waals surface area contributed by atoms with Gasteiger partial charge in [-0.05, 0) is 68.7 Å². The molecule has 3 aromatic carbocycles. The molecule has 63 heavy (non-hydrogen) atoms. The summed E-state index contributed by atoms with van der Waals surface area (Å²) in [5, 5.41) is 9.49. The standard InChI is InChI=1S/C46H59N10O6P/c1-32(2)56(33(3)4)63(60-26-14-25-47)62-39-27-41(55-44-42(52-45(55)51-31-54(7)8)43(48-29-49-44)50-30-53(5)6)61-40(39)28-59-46(34-15-12-11-13-16-34,35-17-21-37(57-9)22-18-35)36-19-23-38(58-10)24-20-36/h11-13,15-24,29-33,39-41H,14,26-28H2,1-10H3/t39-,40+,41+,63?/m0/s1. The number of aliphatic imine (C=N–C) groups is 2. The topological polar surface area (TPSA) is 157 Å². The Morgan fingerprint density at radius 2 is 1.44 bits per heavy atom. The van der Waals surface area contributed by atoms with E-state index in [1.807, 2.05) is 109 Å². The average Bonchev–Trinajstić information content (AvgIpc) is 3.86. The lowest BCUT2D eigenvalue weighted by Gasteiger charge is -2.39. The van der Waals surface area contributed by atoms with Gasteiger partial charge in [0.2, 0.25) is 5.95 Å². The van der Waals surface area contributed by atoms with E-state index in [1.165, 1.54) is 6.33 Å². The third-order valence-electron chi connectivity index (χ3n) is 10.2. The molecule has 1 saturated heterocycles. The number of nitriles is 1. The van der Waals surface area contributed by atoms with E-state index in [0.29, 0.717) is 29.4 Å². The van der Waals surface area contributed by atoms with E-state index in [1.54, 1.807) is 26.9 Å². The lowest BCUT2D eigenvalue weighted by Crippen LogP contribution is -2.39. The third-order valence-corrected chi connectivity index (χ3v) is 12.4. The summed E-state index contributed by atoms with van der Waals surface area (Å²) in [6.45, 7) is 8.74. The smallest absolute Gasteiger partial charge is 0.259 e. The van der Waals surface area contributed by atoms with Crippen LogP contribution in [0.15, 0.2) is 95.2 Å². The molecule has 5 aromatic rings. The second-order valence-corrected chi connectivity index (χ2v) is 17.3. The van der Waals surface area contributed by atoms with Crippen molar-refractivity contribution in [2.24, 2.45) is 9.98 Å². The van der Waals surface area contributed by atoms with Crippen molar-refractivity contribution in [3.63, 3.8) is 0 Å². The van der Waals surface area contributed by atoms with E-state index in [4.69, 9.17) is 43.0 Å². The Hall–Kier alpha value is -5.53. The maximum absolute atomic E-state index is 9.49. The molecule has 2 aromatic heterocycles. The molecule has 334 valence electrons. The molecule has 0 spiro atoms. The summed E-state index contributed by atoms with van der Waals surface area (Å²) in [7, 11) is 9.17. The maximum Gasteiger partial charge on any atom is 0.259 e. The second-order valence-electron chi connectivity index (χ2n) is 15.9. The van der Waals surface area contributed by atoms with Gasteiger partial charge in [0.05, 0.1) is 58.7 Å². The number of benzene rings is 3. The van der Waals surface area contributed by atoms with Gasteiger partial charge in [0.1, 0.15) is 35.8 Å². The van der Waals surface area contributed by atoms with E-state index in [9.17, 15) is 5.26 Å². The number of hydrogen-bond acceptors (Lipinski definition) is 13. The first-order valence-corrected chi connectivity index (χ1v) is 22.1. The lowest BCUT2D eigenvalue weighted by atomic mass is 9.80. The fourth-order valence-electron chi connectivity index (χ4n) is 7.48. The van der Waals surface area contributed by atoms with Crippen LogP contribution in [-0.2, 0) is 24.1 Å². The molecule has 16 nitrogen and oxygen atoms in total. The second kappa shape index (κ2) is 21.7. The molecule has 17 heteroatoms. The molecular weight excluding hydrogens is 820 g/mol.